The predicted octanol–water partition coefficient (Wildman–Crippen LogP) is 6.34. The van der Waals surface area contributed by atoms with Crippen molar-refractivity contribution in [1.29, 1.82) is 5.26 Å². The van der Waals surface area contributed by atoms with Gasteiger partial charge in [-0.1, -0.05) is 41.9 Å². The molecule has 0 aliphatic carbocycles. The van der Waals surface area contributed by atoms with Crippen molar-refractivity contribution in [2.24, 2.45) is 0 Å². The standard InChI is InChI=1S/C29H27BrClN3O3/c1-2-36-27-18-22(17-26(30)28(27)37-20-21-8-10-24(31)11-9-21)16-23(19-32)29(35)34-14-12-33(13-15-34)25-6-4-3-5-7-25/h3-11,16-18H,2,12-15,20H2,1H3/b23-16-. The van der Waals surface area contributed by atoms with Crippen molar-refractivity contribution in [3.8, 4) is 17.6 Å². The normalized spacial score (nSPS) is 13.7. The lowest BCUT2D eigenvalue weighted by Crippen LogP contribution is -2.49. The summed E-state index contributed by atoms with van der Waals surface area (Å²) in [6.07, 6.45) is 1.60. The zero-order valence-corrected chi connectivity index (χ0v) is 22.8. The van der Waals surface area contributed by atoms with Crippen LogP contribution in [0.4, 0.5) is 5.69 Å². The summed E-state index contributed by atoms with van der Waals surface area (Å²) >= 11 is 9.54. The third-order valence-corrected chi connectivity index (χ3v) is 6.82. The van der Waals surface area contributed by atoms with Gasteiger partial charge in [0.1, 0.15) is 18.2 Å². The number of para-hydroxylation sites is 1. The molecule has 0 N–H and O–H groups in total. The minimum absolute atomic E-state index is 0.0809. The van der Waals surface area contributed by atoms with Crippen LogP contribution in [0.2, 0.25) is 5.02 Å². The highest BCUT2D eigenvalue weighted by molar-refractivity contribution is 9.10. The molecule has 3 aromatic carbocycles. The molecule has 0 radical (unpaired) electrons. The van der Waals surface area contributed by atoms with Crippen LogP contribution in [0.3, 0.4) is 0 Å². The molecule has 0 bridgehead atoms. The summed E-state index contributed by atoms with van der Waals surface area (Å²) in [5, 5.41) is 10.5. The molecule has 1 amide bonds. The summed E-state index contributed by atoms with van der Waals surface area (Å²) in [6, 6.07) is 23.2. The maximum atomic E-state index is 13.2. The van der Waals surface area contributed by atoms with E-state index in [-0.39, 0.29) is 11.5 Å². The molecular weight excluding hydrogens is 554 g/mol. The molecule has 37 heavy (non-hydrogen) atoms. The first-order valence-corrected chi connectivity index (χ1v) is 13.2. The Labute approximate surface area is 230 Å². The molecule has 190 valence electrons. The Morgan fingerprint density at radius 1 is 1.05 bits per heavy atom. The molecule has 0 saturated carbocycles. The van der Waals surface area contributed by atoms with E-state index in [1.165, 1.54) is 0 Å². The maximum absolute atomic E-state index is 13.2. The van der Waals surface area contributed by atoms with Crippen LogP contribution in [0.25, 0.3) is 6.08 Å². The Balaban J connectivity index is 1.48. The van der Waals surface area contributed by atoms with E-state index in [9.17, 15) is 10.1 Å². The van der Waals surface area contributed by atoms with Crippen molar-refractivity contribution in [3.05, 3.63) is 92.9 Å². The highest BCUT2D eigenvalue weighted by Gasteiger charge is 2.24. The minimum atomic E-state index is -0.271. The molecule has 1 heterocycles. The van der Waals surface area contributed by atoms with Crippen molar-refractivity contribution in [2.75, 3.05) is 37.7 Å². The number of piperazine rings is 1. The van der Waals surface area contributed by atoms with Crippen molar-refractivity contribution >= 4 is 45.2 Å². The van der Waals surface area contributed by atoms with Gasteiger partial charge in [0, 0.05) is 36.9 Å². The average molecular weight is 581 g/mol. The molecule has 1 aliphatic heterocycles. The zero-order chi connectivity index (χ0) is 26.2. The molecular formula is C29H27BrClN3O3. The Morgan fingerprint density at radius 2 is 1.76 bits per heavy atom. The first-order valence-electron chi connectivity index (χ1n) is 12.0. The monoisotopic (exact) mass is 579 g/mol. The van der Waals surface area contributed by atoms with Gasteiger partial charge in [0.05, 0.1) is 11.1 Å². The van der Waals surface area contributed by atoms with E-state index in [1.807, 2.05) is 55.5 Å². The zero-order valence-electron chi connectivity index (χ0n) is 20.5. The van der Waals surface area contributed by atoms with Crippen molar-refractivity contribution in [2.45, 2.75) is 13.5 Å². The largest absolute Gasteiger partial charge is 0.490 e. The number of rotatable bonds is 8. The molecule has 8 heteroatoms. The summed E-state index contributed by atoms with van der Waals surface area (Å²) in [5.41, 5.74) is 2.85. The second kappa shape index (κ2) is 12.7. The first-order chi connectivity index (χ1) is 18.0. The Morgan fingerprint density at radius 3 is 2.41 bits per heavy atom. The second-order valence-electron chi connectivity index (χ2n) is 8.46. The molecule has 3 aromatic rings. The van der Waals surface area contributed by atoms with Gasteiger partial charge in [-0.05, 0) is 76.5 Å². The summed E-state index contributed by atoms with van der Waals surface area (Å²) in [5.74, 6) is 0.807. The quantitative estimate of drug-likeness (QED) is 0.230. The van der Waals surface area contributed by atoms with E-state index in [0.717, 1.165) is 11.3 Å². The van der Waals surface area contributed by atoms with Crippen LogP contribution in [-0.2, 0) is 11.4 Å². The highest BCUT2D eigenvalue weighted by atomic mass is 79.9. The number of anilines is 1. The smallest absolute Gasteiger partial charge is 0.264 e. The van der Waals surface area contributed by atoms with Crippen molar-refractivity contribution < 1.29 is 14.3 Å². The lowest BCUT2D eigenvalue weighted by atomic mass is 10.1. The highest BCUT2D eigenvalue weighted by Crippen LogP contribution is 2.38. The molecule has 0 atom stereocenters. The van der Waals surface area contributed by atoms with Gasteiger partial charge in [-0.15, -0.1) is 0 Å². The van der Waals surface area contributed by atoms with Gasteiger partial charge in [-0.25, -0.2) is 0 Å². The van der Waals surface area contributed by atoms with Crippen LogP contribution in [0.1, 0.15) is 18.1 Å². The van der Waals surface area contributed by atoms with Gasteiger partial charge in [-0.2, -0.15) is 5.26 Å². The summed E-state index contributed by atoms with van der Waals surface area (Å²) in [6.45, 7) is 5.20. The van der Waals surface area contributed by atoms with E-state index in [2.05, 4.69) is 39.0 Å². The van der Waals surface area contributed by atoms with E-state index in [0.29, 0.717) is 66.0 Å². The SMILES string of the molecule is CCOc1cc(/C=C(/C#N)C(=O)N2CCN(c3ccccc3)CC2)cc(Br)c1OCc1ccc(Cl)cc1. The van der Waals surface area contributed by atoms with Crippen LogP contribution in [-0.4, -0.2) is 43.6 Å². The van der Waals surface area contributed by atoms with Crippen molar-refractivity contribution in [1.82, 2.24) is 4.90 Å². The molecule has 1 fully saturated rings. The number of carbonyl (C=O) groups is 1. The van der Waals surface area contributed by atoms with Crippen LogP contribution in [0, 0.1) is 11.3 Å². The number of halogens is 2. The number of carbonyl (C=O) groups excluding carboxylic acids is 1. The van der Waals surface area contributed by atoms with Gasteiger partial charge in [-0.3, -0.25) is 4.79 Å². The number of nitrogens with zero attached hydrogens (tertiary/aromatic N) is 3. The molecule has 1 aliphatic rings. The number of hydrogen-bond acceptors (Lipinski definition) is 5. The van der Waals surface area contributed by atoms with Crippen LogP contribution >= 0.6 is 27.5 Å². The molecule has 4 rings (SSSR count). The van der Waals surface area contributed by atoms with Crippen LogP contribution in [0.15, 0.2) is 76.8 Å². The number of nitriles is 1. The third-order valence-electron chi connectivity index (χ3n) is 5.98. The Kier molecular flexibility index (Phi) is 9.10. The fourth-order valence-corrected chi connectivity index (χ4v) is 4.80. The van der Waals surface area contributed by atoms with E-state index in [4.69, 9.17) is 21.1 Å². The molecule has 0 unspecified atom stereocenters. The lowest BCUT2D eigenvalue weighted by Gasteiger charge is -2.36. The maximum Gasteiger partial charge on any atom is 0.264 e. The second-order valence-corrected chi connectivity index (χ2v) is 9.75. The van der Waals surface area contributed by atoms with Gasteiger partial charge in [0.2, 0.25) is 0 Å². The molecule has 0 aromatic heterocycles. The van der Waals surface area contributed by atoms with E-state index in [1.54, 1.807) is 17.0 Å². The Hall–Kier alpha value is -3.47. The molecule has 0 spiro atoms. The van der Waals surface area contributed by atoms with Crippen LogP contribution in [0.5, 0.6) is 11.5 Å². The summed E-state index contributed by atoms with van der Waals surface area (Å²) in [4.78, 5) is 17.1. The van der Waals surface area contributed by atoms with E-state index >= 15 is 0 Å². The predicted molar refractivity (Wildman–Crippen MR) is 150 cm³/mol. The lowest BCUT2D eigenvalue weighted by molar-refractivity contribution is -0.126. The summed E-state index contributed by atoms with van der Waals surface area (Å²) < 4.78 is 12.5. The van der Waals surface area contributed by atoms with E-state index < -0.39 is 0 Å². The fraction of sp³-hybridized carbons (Fsp3) is 0.241. The van der Waals surface area contributed by atoms with Gasteiger partial charge in [0.25, 0.3) is 5.91 Å². The number of hydrogen-bond donors (Lipinski definition) is 0. The van der Waals surface area contributed by atoms with Gasteiger partial charge in [0.15, 0.2) is 11.5 Å². The average Bonchev–Trinajstić information content (AvgIpc) is 2.92. The third kappa shape index (κ3) is 6.85. The number of benzene rings is 3. The number of ether oxygens (including phenoxy) is 2. The van der Waals surface area contributed by atoms with Crippen molar-refractivity contribution in [3.63, 3.8) is 0 Å². The number of amides is 1. The van der Waals surface area contributed by atoms with Gasteiger partial charge < -0.3 is 19.3 Å². The minimum Gasteiger partial charge on any atom is -0.490 e. The fourth-order valence-electron chi connectivity index (χ4n) is 4.10. The van der Waals surface area contributed by atoms with Gasteiger partial charge >= 0.3 is 0 Å². The first kappa shape index (κ1) is 26.6. The summed E-state index contributed by atoms with van der Waals surface area (Å²) in [7, 11) is 0. The van der Waals surface area contributed by atoms with Crippen LogP contribution < -0.4 is 14.4 Å². The molecule has 1 saturated heterocycles. The molecule has 6 nitrogen and oxygen atoms in total. The topological polar surface area (TPSA) is 65.8 Å². The Bertz CT molecular complexity index is 1300.